The topological polar surface area (TPSA) is 106 Å². The summed E-state index contributed by atoms with van der Waals surface area (Å²) in [5.74, 6) is -0.249. The van der Waals surface area contributed by atoms with Crippen LogP contribution in [0.2, 0.25) is 0 Å². The summed E-state index contributed by atoms with van der Waals surface area (Å²) < 4.78 is 29.7. The molecule has 8 heteroatoms. The van der Waals surface area contributed by atoms with Crippen molar-refractivity contribution in [2.75, 3.05) is 17.6 Å². The van der Waals surface area contributed by atoms with E-state index in [1.807, 2.05) is 0 Å². The number of nitrogens with zero attached hydrogens (tertiary/aromatic N) is 1. The highest BCUT2D eigenvalue weighted by atomic mass is 32.2. The van der Waals surface area contributed by atoms with Crippen molar-refractivity contribution in [3.05, 3.63) is 17.8 Å². The molecular weight excluding hydrogens is 272 g/mol. The highest BCUT2D eigenvalue weighted by Crippen LogP contribution is 2.43. The molecule has 1 aliphatic rings. The third kappa shape index (κ3) is 4.09. The molecule has 0 aromatic carbocycles. The highest BCUT2D eigenvalue weighted by Gasteiger charge is 2.29. The molecule has 0 spiro atoms. The van der Waals surface area contributed by atoms with Crippen molar-refractivity contribution in [2.24, 2.45) is 0 Å². The zero-order valence-electron chi connectivity index (χ0n) is 10.3. The van der Waals surface area contributed by atoms with E-state index < -0.39 is 22.6 Å². The van der Waals surface area contributed by atoms with Crippen LogP contribution in [-0.2, 0) is 14.8 Å². The van der Waals surface area contributed by atoms with Crippen LogP contribution < -0.4 is 9.46 Å². The maximum atomic E-state index is 11.1. The third-order valence-corrected chi connectivity index (χ3v) is 3.07. The number of ether oxygens (including phenoxy) is 1. The van der Waals surface area contributed by atoms with E-state index in [1.54, 1.807) is 0 Å². The molecule has 7 nitrogen and oxygen atoms in total. The summed E-state index contributed by atoms with van der Waals surface area (Å²) >= 11 is 0. The molecule has 0 saturated heterocycles. The van der Waals surface area contributed by atoms with E-state index in [0.29, 0.717) is 11.4 Å². The summed E-state index contributed by atoms with van der Waals surface area (Å²) in [6, 6.07) is 2.99. The second-order valence-corrected chi connectivity index (χ2v) is 6.16. The molecule has 0 radical (unpaired) electrons. The molecule has 0 bridgehead atoms. The Balaban J connectivity index is 2.22. The lowest BCUT2D eigenvalue weighted by molar-refractivity contribution is -0.139. The Hall–Kier alpha value is -1.83. The fourth-order valence-corrected chi connectivity index (χ4v) is 2.11. The van der Waals surface area contributed by atoms with Crippen LogP contribution in [0.15, 0.2) is 12.1 Å². The molecule has 0 aliphatic heterocycles. The number of carboxylic acids is 1. The molecule has 104 valence electrons. The van der Waals surface area contributed by atoms with Crippen molar-refractivity contribution >= 4 is 21.8 Å². The van der Waals surface area contributed by atoms with E-state index in [0.717, 1.165) is 19.1 Å². The van der Waals surface area contributed by atoms with E-state index >= 15 is 0 Å². The van der Waals surface area contributed by atoms with Crippen LogP contribution in [0.25, 0.3) is 0 Å². The first-order valence-corrected chi connectivity index (χ1v) is 7.57. The Morgan fingerprint density at radius 3 is 2.74 bits per heavy atom. The molecule has 1 aromatic rings. The number of hydrogen-bond donors (Lipinski definition) is 2. The number of rotatable bonds is 6. The fourth-order valence-electron chi connectivity index (χ4n) is 1.62. The van der Waals surface area contributed by atoms with Gasteiger partial charge in [0.1, 0.15) is 11.6 Å². The van der Waals surface area contributed by atoms with E-state index in [1.165, 1.54) is 12.1 Å². The number of carbonyl (C=O) groups is 1. The van der Waals surface area contributed by atoms with Crippen LogP contribution in [0.4, 0.5) is 5.82 Å². The molecule has 2 N–H and O–H groups in total. The summed E-state index contributed by atoms with van der Waals surface area (Å²) in [4.78, 5) is 14.7. The van der Waals surface area contributed by atoms with Gasteiger partial charge in [-0.05, 0) is 25.0 Å². The Kier molecular flexibility index (Phi) is 3.61. The molecule has 0 amide bonds. The minimum absolute atomic E-state index is 0.213. The van der Waals surface area contributed by atoms with Crippen molar-refractivity contribution < 1.29 is 23.1 Å². The maximum absolute atomic E-state index is 11.1. The van der Waals surface area contributed by atoms with E-state index in [9.17, 15) is 13.2 Å². The number of aromatic nitrogens is 1. The number of hydrogen-bond acceptors (Lipinski definition) is 5. The second kappa shape index (κ2) is 5.04. The van der Waals surface area contributed by atoms with Crippen LogP contribution in [0.3, 0.4) is 0 Å². The Morgan fingerprint density at radius 1 is 1.53 bits per heavy atom. The van der Waals surface area contributed by atoms with Gasteiger partial charge in [0.25, 0.3) is 0 Å². The standard InChI is InChI=1S/C11H14N2O5S/c1-19(16,17)13-9-5-4-8(18-6-10(14)15)11(12-9)7-2-3-7/h4-5,7H,2-3,6H2,1H3,(H,12,13)(H,14,15). The summed E-state index contributed by atoms with van der Waals surface area (Å²) in [7, 11) is -3.39. The Labute approximate surface area is 110 Å². The van der Waals surface area contributed by atoms with Gasteiger partial charge < -0.3 is 9.84 Å². The van der Waals surface area contributed by atoms with Gasteiger partial charge in [0.15, 0.2) is 6.61 Å². The second-order valence-electron chi connectivity index (χ2n) is 4.41. The zero-order chi connectivity index (χ0) is 14.0. The van der Waals surface area contributed by atoms with Gasteiger partial charge in [0, 0.05) is 5.92 Å². The van der Waals surface area contributed by atoms with E-state index in [2.05, 4.69) is 9.71 Å². The largest absolute Gasteiger partial charge is 0.480 e. The highest BCUT2D eigenvalue weighted by molar-refractivity contribution is 7.92. The SMILES string of the molecule is CS(=O)(=O)Nc1ccc(OCC(=O)O)c(C2CC2)n1. The lowest BCUT2D eigenvalue weighted by Gasteiger charge is -2.11. The predicted molar refractivity (Wildman–Crippen MR) is 67.8 cm³/mol. The number of nitrogens with one attached hydrogen (secondary N) is 1. The van der Waals surface area contributed by atoms with Crippen LogP contribution in [-0.4, -0.2) is 37.3 Å². The number of anilines is 1. The van der Waals surface area contributed by atoms with Gasteiger partial charge in [-0.1, -0.05) is 0 Å². The number of carboxylic acid groups (broad SMARTS) is 1. The first-order valence-electron chi connectivity index (χ1n) is 5.68. The molecular formula is C11H14N2O5S. The Morgan fingerprint density at radius 2 is 2.21 bits per heavy atom. The molecule has 1 fully saturated rings. The van der Waals surface area contributed by atoms with Gasteiger partial charge in [-0.15, -0.1) is 0 Å². The number of aliphatic carboxylic acids is 1. The van der Waals surface area contributed by atoms with Crippen LogP contribution in [0.1, 0.15) is 24.5 Å². The molecule has 1 aromatic heterocycles. The fraction of sp³-hybridized carbons (Fsp3) is 0.455. The summed E-state index contributed by atoms with van der Waals surface area (Å²) in [5.41, 5.74) is 0.606. The average Bonchev–Trinajstić information content (AvgIpc) is 3.08. The zero-order valence-corrected chi connectivity index (χ0v) is 11.1. The normalized spacial score (nSPS) is 15.0. The lowest BCUT2D eigenvalue weighted by atomic mass is 10.2. The van der Waals surface area contributed by atoms with E-state index in [-0.39, 0.29) is 11.7 Å². The minimum Gasteiger partial charge on any atom is -0.480 e. The van der Waals surface area contributed by atoms with Gasteiger partial charge in [0.05, 0.1) is 11.9 Å². The van der Waals surface area contributed by atoms with Crippen molar-refractivity contribution in [1.82, 2.24) is 4.98 Å². The third-order valence-electron chi connectivity index (χ3n) is 2.49. The lowest BCUT2D eigenvalue weighted by Crippen LogP contribution is -2.13. The first-order chi connectivity index (χ1) is 8.85. The molecule has 1 saturated carbocycles. The molecule has 1 heterocycles. The van der Waals surface area contributed by atoms with E-state index in [4.69, 9.17) is 9.84 Å². The van der Waals surface area contributed by atoms with Crippen LogP contribution >= 0.6 is 0 Å². The van der Waals surface area contributed by atoms with Crippen molar-refractivity contribution in [3.8, 4) is 5.75 Å². The van der Waals surface area contributed by atoms with Crippen molar-refractivity contribution in [1.29, 1.82) is 0 Å². The molecule has 0 atom stereocenters. The molecule has 0 unspecified atom stereocenters. The minimum atomic E-state index is -3.39. The van der Waals surface area contributed by atoms with Gasteiger partial charge in [-0.3, -0.25) is 4.72 Å². The van der Waals surface area contributed by atoms with Crippen LogP contribution in [0, 0.1) is 0 Å². The monoisotopic (exact) mass is 286 g/mol. The first kappa shape index (κ1) is 13.6. The summed E-state index contributed by atoms with van der Waals surface area (Å²) in [5, 5.41) is 8.59. The smallest absolute Gasteiger partial charge is 0.341 e. The quantitative estimate of drug-likeness (QED) is 0.801. The van der Waals surface area contributed by atoms with Gasteiger partial charge in [0.2, 0.25) is 10.0 Å². The molecule has 19 heavy (non-hydrogen) atoms. The number of sulfonamides is 1. The van der Waals surface area contributed by atoms with Crippen molar-refractivity contribution in [3.63, 3.8) is 0 Å². The number of pyridine rings is 1. The van der Waals surface area contributed by atoms with Gasteiger partial charge in [-0.2, -0.15) is 0 Å². The van der Waals surface area contributed by atoms with Gasteiger partial charge >= 0.3 is 5.97 Å². The predicted octanol–water partition coefficient (Wildman–Crippen LogP) is 0.794. The maximum Gasteiger partial charge on any atom is 0.341 e. The summed E-state index contributed by atoms with van der Waals surface area (Å²) in [6.45, 7) is -0.444. The molecule has 2 rings (SSSR count). The molecule has 1 aliphatic carbocycles. The summed E-state index contributed by atoms with van der Waals surface area (Å²) in [6.07, 6.45) is 2.93. The van der Waals surface area contributed by atoms with Gasteiger partial charge in [-0.25, -0.2) is 18.2 Å². The average molecular weight is 286 g/mol. The Bertz CT molecular complexity index is 595. The van der Waals surface area contributed by atoms with Crippen LogP contribution in [0.5, 0.6) is 5.75 Å². The van der Waals surface area contributed by atoms with Crippen molar-refractivity contribution in [2.45, 2.75) is 18.8 Å².